The number of rotatable bonds is 5. The number of likely N-dealkylation sites (N-methyl/N-ethyl adjacent to an activating group) is 1. The molecule has 0 fully saturated rings. The number of hydrogen-bond acceptors (Lipinski definition) is 3. The fourth-order valence-electron chi connectivity index (χ4n) is 1.99. The third-order valence-corrected chi connectivity index (χ3v) is 3.16. The standard InChI is InChI=1S/C15H17N3O3/c1-17(9-12-8-16-18(2)10-12)14(19)7-11-3-5-13(6-4-11)15(20)21/h3-6,8,10H,7,9H2,1-2H3,(H,20,21). The van der Waals surface area contributed by atoms with Crippen LogP contribution in [0.15, 0.2) is 36.7 Å². The molecule has 6 heteroatoms. The molecule has 0 aliphatic carbocycles. The maximum absolute atomic E-state index is 12.1. The number of carboxylic acid groups (broad SMARTS) is 1. The molecule has 110 valence electrons. The summed E-state index contributed by atoms with van der Waals surface area (Å²) in [5, 5.41) is 12.9. The van der Waals surface area contributed by atoms with Gasteiger partial charge in [-0.05, 0) is 17.7 Å². The van der Waals surface area contributed by atoms with Crippen molar-refractivity contribution in [3.63, 3.8) is 0 Å². The van der Waals surface area contributed by atoms with Gasteiger partial charge in [-0.1, -0.05) is 12.1 Å². The van der Waals surface area contributed by atoms with Crippen molar-refractivity contribution >= 4 is 11.9 Å². The van der Waals surface area contributed by atoms with Crippen LogP contribution in [0.3, 0.4) is 0 Å². The van der Waals surface area contributed by atoms with E-state index in [-0.39, 0.29) is 17.9 Å². The zero-order valence-corrected chi connectivity index (χ0v) is 12.0. The highest BCUT2D eigenvalue weighted by molar-refractivity contribution is 5.87. The lowest BCUT2D eigenvalue weighted by atomic mass is 10.1. The van der Waals surface area contributed by atoms with Crippen LogP contribution in [0.4, 0.5) is 0 Å². The van der Waals surface area contributed by atoms with E-state index >= 15 is 0 Å². The molecular weight excluding hydrogens is 270 g/mol. The molecular formula is C15H17N3O3. The minimum Gasteiger partial charge on any atom is -0.478 e. The summed E-state index contributed by atoms with van der Waals surface area (Å²) in [6.45, 7) is 0.500. The number of carbonyl (C=O) groups is 2. The molecule has 1 aromatic heterocycles. The van der Waals surface area contributed by atoms with Crippen LogP contribution in [0.2, 0.25) is 0 Å². The minimum atomic E-state index is -0.971. The second kappa shape index (κ2) is 6.21. The topological polar surface area (TPSA) is 75.4 Å². The van der Waals surface area contributed by atoms with Crippen LogP contribution in [0.5, 0.6) is 0 Å². The quantitative estimate of drug-likeness (QED) is 0.900. The Hall–Kier alpha value is -2.63. The van der Waals surface area contributed by atoms with E-state index in [1.165, 1.54) is 12.1 Å². The Kier molecular flexibility index (Phi) is 4.37. The summed E-state index contributed by atoms with van der Waals surface area (Å²) in [5.74, 6) is -0.997. The smallest absolute Gasteiger partial charge is 0.335 e. The molecule has 0 saturated heterocycles. The summed E-state index contributed by atoms with van der Waals surface area (Å²) >= 11 is 0. The maximum Gasteiger partial charge on any atom is 0.335 e. The molecule has 1 amide bonds. The molecule has 0 spiro atoms. The number of nitrogens with zero attached hydrogens (tertiary/aromatic N) is 3. The fourth-order valence-corrected chi connectivity index (χ4v) is 1.99. The van der Waals surface area contributed by atoms with Crippen LogP contribution in [0.1, 0.15) is 21.5 Å². The van der Waals surface area contributed by atoms with Gasteiger partial charge in [0.1, 0.15) is 0 Å². The van der Waals surface area contributed by atoms with Gasteiger partial charge in [0, 0.05) is 32.4 Å². The number of carbonyl (C=O) groups excluding carboxylic acids is 1. The van der Waals surface area contributed by atoms with E-state index in [4.69, 9.17) is 5.11 Å². The molecule has 0 bridgehead atoms. The number of benzene rings is 1. The van der Waals surface area contributed by atoms with E-state index in [0.717, 1.165) is 11.1 Å². The number of aryl methyl sites for hydroxylation is 1. The van der Waals surface area contributed by atoms with Gasteiger partial charge in [0.15, 0.2) is 0 Å². The number of amides is 1. The molecule has 0 atom stereocenters. The highest BCUT2D eigenvalue weighted by Gasteiger charge is 2.11. The van der Waals surface area contributed by atoms with Crippen LogP contribution in [0, 0.1) is 0 Å². The van der Waals surface area contributed by atoms with Gasteiger partial charge in [-0.2, -0.15) is 5.10 Å². The van der Waals surface area contributed by atoms with E-state index in [1.807, 2.05) is 13.2 Å². The number of aromatic carboxylic acids is 1. The van der Waals surface area contributed by atoms with E-state index in [0.29, 0.717) is 6.54 Å². The van der Waals surface area contributed by atoms with Gasteiger partial charge in [-0.25, -0.2) is 4.79 Å². The lowest BCUT2D eigenvalue weighted by Crippen LogP contribution is -2.27. The summed E-state index contributed by atoms with van der Waals surface area (Å²) < 4.78 is 1.69. The molecule has 0 aliphatic heterocycles. The van der Waals surface area contributed by atoms with Crippen molar-refractivity contribution in [3.05, 3.63) is 53.3 Å². The molecule has 6 nitrogen and oxygen atoms in total. The van der Waals surface area contributed by atoms with Crippen LogP contribution >= 0.6 is 0 Å². The summed E-state index contributed by atoms with van der Waals surface area (Å²) in [5.41, 5.74) is 1.98. The molecule has 1 heterocycles. The summed E-state index contributed by atoms with van der Waals surface area (Å²) in [4.78, 5) is 24.5. The van der Waals surface area contributed by atoms with Crippen molar-refractivity contribution in [2.75, 3.05) is 7.05 Å². The van der Waals surface area contributed by atoms with Crippen LogP contribution in [0.25, 0.3) is 0 Å². The Morgan fingerprint density at radius 3 is 2.43 bits per heavy atom. The first-order valence-electron chi connectivity index (χ1n) is 6.49. The fraction of sp³-hybridized carbons (Fsp3) is 0.267. The van der Waals surface area contributed by atoms with Gasteiger partial charge in [0.25, 0.3) is 0 Å². The van der Waals surface area contributed by atoms with Gasteiger partial charge in [0.2, 0.25) is 5.91 Å². The van der Waals surface area contributed by atoms with Gasteiger partial charge in [0.05, 0.1) is 18.2 Å². The van der Waals surface area contributed by atoms with Crippen LogP contribution < -0.4 is 0 Å². The molecule has 1 aromatic carbocycles. The minimum absolute atomic E-state index is 0.0260. The Labute approximate surface area is 122 Å². The van der Waals surface area contributed by atoms with Crippen molar-refractivity contribution in [1.82, 2.24) is 14.7 Å². The van der Waals surface area contributed by atoms with E-state index in [2.05, 4.69) is 5.10 Å². The Bertz CT molecular complexity index is 646. The van der Waals surface area contributed by atoms with E-state index in [9.17, 15) is 9.59 Å². The highest BCUT2D eigenvalue weighted by Crippen LogP contribution is 2.08. The average molecular weight is 287 g/mol. The van der Waals surface area contributed by atoms with Crippen LogP contribution in [-0.4, -0.2) is 38.7 Å². The van der Waals surface area contributed by atoms with Crippen molar-refractivity contribution in [2.45, 2.75) is 13.0 Å². The number of carboxylic acids is 1. The summed E-state index contributed by atoms with van der Waals surface area (Å²) in [7, 11) is 3.57. The molecule has 0 saturated carbocycles. The molecule has 0 aliphatic rings. The summed E-state index contributed by atoms with van der Waals surface area (Å²) in [6, 6.07) is 6.34. The zero-order chi connectivity index (χ0) is 15.4. The molecule has 2 aromatic rings. The normalized spacial score (nSPS) is 10.4. The van der Waals surface area contributed by atoms with Crippen molar-refractivity contribution in [2.24, 2.45) is 7.05 Å². The van der Waals surface area contributed by atoms with Crippen LogP contribution in [-0.2, 0) is 24.8 Å². The van der Waals surface area contributed by atoms with Gasteiger partial charge in [-0.3, -0.25) is 9.48 Å². The molecule has 2 rings (SSSR count). The third-order valence-electron chi connectivity index (χ3n) is 3.16. The first kappa shape index (κ1) is 14.8. The largest absolute Gasteiger partial charge is 0.478 e. The van der Waals surface area contributed by atoms with Crippen molar-refractivity contribution < 1.29 is 14.7 Å². The van der Waals surface area contributed by atoms with Crippen molar-refractivity contribution in [1.29, 1.82) is 0 Å². The first-order valence-corrected chi connectivity index (χ1v) is 6.49. The van der Waals surface area contributed by atoms with E-state index in [1.54, 1.807) is 35.0 Å². The monoisotopic (exact) mass is 287 g/mol. The van der Waals surface area contributed by atoms with Gasteiger partial charge >= 0.3 is 5.97 Å². The Morgan fingerprint density at radius 2 is 1.90 bits per heavy atom. The first-order chi connectivity index (χ1) is 9.95. The SMILES string of the molecule is CN(Cc1cnn(C)c1)C(=O)Cc1ccc(C(=O)O)cc1. The number of aromatic nitrogens is 2. The Morgan fingerprint density at radius 1 is 1.24 bits per heavy atom. The summed E-state index contributed by atoms with van der Waals surface area (Å²) in [6.07, 6.45) is 3.84. The second-order valence-electron chi connectivity index (χ2n) is 4.95. The Balaban J connectivity index is 1.95. The number of hydrogen-bond donors (Lipinski definition) is 1. The van der Waals surface area contributed by atoms with Gasteiger partial charge < -0.3 is 10.0 Å². The third kappa shape index (κ3) is 3.92. The predicted molar refractivity (Wildman–Crippen MR) is 76.8 cm³/mol. The van der Waals surface area contributed by atoms with Crippen molar-refractivity contribution in [3.8, 4) is 0 Å². The predicted octanol–water partition coefficient (Wildman–Crippen LogP) is 1.32. The molecule has 0 radical (unpaired) electrons. The van der Waals surface area contributed by atoms with Gasteiger partial charge in [-0.15, -0.1) is 0 Å². The molecule has 0 unspecified atom stereocenters. The lowest BCUT2D eigenvalue weighted by Gasteiger charge is -2.16. The lowest BCUT2D eigenvalue weighted by molar-refractivity contribution is -0.129. The molecule has 21 heavy (non-hydrogen) atoms. The second-order valence-corrected chi connectivity index (χ2v) is 4.95. The molecule has 1 N–H and O–H groups in total. The van der Waals surface area contributed by atoms with E-state index < -0.39 is 5.97 Å². The average Bonchev–Trinajstić information content (AvgIpc) is 2.84. The maximum atomic E-state index is 12.1. The highest BCUT2D eigenvalue weighted by atomic mass is 16.4. The zero-order valence-electron chi connectivity index (χ0n) is 12.0.